The average molecular weight is 268 g/mol. The quantitative estimate of drug-likeness (QED) is 0.779. The predicted octanol–water partition coefficient (Wildman–Crippen LogP) is 2.63. The number of benzene rings is 1. The second-order valence-electron chi connectivity index (χ2n) is 4.01. The fraction of sp³-hybridized carbons (Fsp3) is 0.357. The van der Waals surface area contributed by atoms with E-state index in [1.165, 1.54) is 6.08 Å². The molecule has 0 aliphatic rings. The van der Waals surface area contributed by atoms with Crippen LogP contribution in [0.25, 0.3) is 6.08 Å². The molecular weight excluding hydrogens is 250 g/mol. The van der Waals surface area contributed by atoms with Crippen LogP contribution in [0.1, 0.15) is 25.3 Å². The molecule has 0 heterocycles. The van der Waals surface area contributed by atoms with Crippen molar-refractivity contribution in [1.82, 2.24) is 5.32 Å². The highest BCUT2D eigenvalue weighted by molar-refractivity contribution is 6.30. The van der Waals surface area contributed by atoms with Crippen LogP contribution in [0, 0.1) is 0 Å². The van der Waals surface area contributed by atoms with E-state index in [0.29, 0.717) is 11.4 Å². The highest BCUT2D eigenvalue weighted by Crippen LogP contribution is 2.10. The number of aliphatic hydroxyl groups is 1. The lowest BCUT2D eigenvalue weighted by Gasteiger charge is -2.13. The Hall–Kier alpha value is -1.32. The number of halogens is 1. The minimum atomic E-state index is -0.148. The van der Waals surface area contributed by atoms with E-state index < -0.39 is 0 Å². The van der Waals surface area contributed by atoms with Gasteiger partial charge in [-0.1, -0.05) is 30.7 Å². The van der Waals surface area contributed by atoms with Crippen LogP contribution >= 0.6 is 11.6 Å². The molecule has 0 aromatic heterocycles. The Morgan fingerprint density at radius 2 is 2.11 bits per heavy atom. The van der Waals surface area contributed by atoms with Crippen LogP contribution in [0.3, 0.4) is 0 Å². The van der Waals surface area contributed by atoms with Crippen LogP contribution < -0.4 is 5.32 Å². The Balaban J connectivity index is 2.50. The number of amides is 1. The number of carbonyl (C=O) groups excluding carboxylic acids is 1. The highest BCUT2D eigenvalue weighted by atomic mass is 35.5. The molecule has 3 nitrogen and oxygen atoms in total. The molecule has 0 saturated carbocycles. The van der Waals surface area contributed by atoms with E-state index in [4.69, 9.17) is 16.7 Å². The maximum absolute atomic E-state index is 11.6. The lowest BCUT2D eigenvalue weighted by molar-refractivity contribution is -0.117. The van der Waals surface area contributed by atoms with E-state index in [9.17, 15) is 4.79 Å². The summed E-state index contributed by atoms with van der Waals surface area (Å²) in [6.45, 7) is 2.06. The molecule has 1 rings (SSSR count). The van der Waals surface area contributed by atoms with E-state index in [2.05, 4.69) is 5.32 Å². The van der Waals surface area contributed by atoms with Gasteiger partial charge in [0.25, 0.3) is 0 Å². The van der Waals surface area contributed by atoms with Gasteiger partial charge in [-0.2, -0.15) is 0 Å². The third-order valence-corrected chi connectivity index (χ3v) is 2.87. The summed E-state index contributed by atoms with van der Waals surface area (Å²) in [4.78, 5) is 11.6. The molecule has 1 amide bonds. The number of hydrogen-bond acceptors (Lipinski definition) is 2. The monoisotopic (exact) mass is 267 g/mol. The molecule has 0 saturated heterocycles. The van der Waals surface area contributed by atoms with Crippen molar-refractivity contribution >= 4 is 23.6 Å². The topological polar surface area (TPSA) is 49.3 Å². The molecule has 1 aromatic carbocycles. The van der Waals surface area contributed by atoms with Crippen LogP contribution in [0.4, 0.5) is 0 Å². The first-order chi connectivity index (χ1) is 8.65. The van der Waals surface area contributed by atoms with Crippen LogP contribution in [0.5, 0.6) is 0 Å². The lowest BCUT2D eigenvalue weighted by atomic mass is 10.1. The third kappa shape index (κ3) is 5.34. The number of aliphatic hydroxyl groups excluding tert-OH is 1. The van der Waals surface area contributed by atoms with Gasteiger partial charge in [0, 0.05) is 23.7 Å². The fourth-order valence-electron chi connectivity index (χ4n) is 1.53. The molecule has 0 bridgehead atoms. The van der Waals surface area contributed by atoms with E-state index >= 15 is 0 Å². The number of rotatable bonds is 6. The Bertz CT molecular complexity index is 401. The molecule has 98 valence electrons. The van der Waals surface area contributed by atoms with Gasteiger partial charge in [0.2, 0.25) is 5.91 Å². The van der Waals surface area contributed by atoms with E-state index in [1.807, 2.05) is 19.1 Å². The van der Waals surface area contributed by atoms with Crippen LogP contribution in [0.15, 0.2) is 30.3 Å². The van der Waals surface area contributed by atoms with Crippen molar-refractivity contribution in [2.24, 2.45) is 0 Å². The molecule has 2 N–H and O–H groups in total. The van der Waals surface area contributed by atoms with Crippen molar-refractivity contribution in [2.75, 3.05) is 6.61 Å². The van der Waals surface area contributed by atoms with E-state index in [1.54, 1.807) is 18.2 Å². The minimum Gasteiger partial charge on any atom is -0.396 e. The molecule has 1 aromatic rings. The van der Waals surface area contributed by atoms with Crippen molar-refractivity contribution in [3.8, 4) is 0 Å². The molecular formula is C14H18ClNO2. The average Bonchev–Trinajstić information content (AvgIpc) is 2.37. The van der Waals surface area contributed by atoms with Gasteiger partial charge in [-0.15, -0.1) is 0 Å². The summed E-state index contributed by atoms with van der Waals surface area (Å²) >= 11 is 5.77. The van der Waals surface area contributed by atoms with Crippen LogP contribution in [0.2, 0.25) is 5.02 Å². The van der Waals surface area contributed by atoms with Gasteiger partial charge in [-0.25, -0.2) is 0 Å². The summed E-state index contributed by atoms with van der Waals surface area (Å²) in [5, 5.41) is 12.3. The molecule has 1 atom stereocenters. The predicted molar refractivity (Wildman–Crippen MR) is 74.4 cm³/mol. The first-order valence-electron chi connectivity index (χ1n) is 6.00. The number of nitrogens with one attached hydrogen (secondary N) is 1. The molecule has 0 fully saturated rings. The summed E-state index contributed by atoms with van der Waals surface area (Å²) in [5.41, 5.74) is 0.921. The van der Waals surface area contributed by atoms with Gasteiger partial charge < -0.3 is 10.4 Å². The van der Waals surface area contributed by atoms with Gasteiger partial charge in [-0.3, -0.25) is 4.79 Å². The molecule has 18 heavy (non-hydrogen) atoms. The standard InChI is InChI=1S/C14H18ClNO2/c1-2-13(9-10-17)16-14(18)8-5-11-3-6-12(15)7-4-11/h3-8,13,17H,2,9-10H2,1H3,(H,16,18)/b8-5+. The smallest absolute Gasteiger partial charge is 0.244 e. The summed E-state index contributed by atoms with van der Waals surface area (Å²) in [6.07, 6.45) is 4.61. The summed E-state index contributed by atoms with van der Waals surface area (Å²) in [7, 11) is 0. The van der Waals surface area contributed by atoms with Gasteiger partial charge >= 0.3 is 0 Å². The zero-order valence-corrected chi connectivity index (χ0v) is 11.2. The second kappa shape index (κ2) is 7.90. The molecule has 0 aliphatic heterocycles. The molecule has 1 unspecified atom stereocenters. The highest BCUT2D eigenvalue weighted by Gasteiger charge is 2.06. The van der Waals surface area contributed by atoms with Gasteiger partial charge in [0.1, 0.15) is 0 Å². The van der Waals surface area contributed by atoms with Crippen molar-refractivity contribution in [2.45, 2.75) is 25.8 Å². The molecule has 4 heteroatoms. The number of carbonyl (C=O) groups is 1. The first kappa shape index (κ1) is 14.7. The SMILES string of the molecule is CCC(CCO)NC(=O)/C=C/c1ccc(Cl)cc1. The molecule has 0 aliphatic carbocycles. The Morgan fingerprint density at radius 3 is 2.67 bits per heavy atom. The second-order valence-corrected chi connectivity index (χ2v) is 4.45. The van der Waals surface area contributed by atoms with Gasteiger partial charge in [0.15, 0.2) is 0 Å². The Morgan fingerprint density at radius 1 is 1.44 bits per heavy atom. The summed E-state index contributed by atoms with van der Waals surface area (Å²) < 4.78 is 0. The molecule has 0 radical (unpaired) electrons. The largest absolute Gasteiger partial charge is 0.396 e. The van der Waals surface area contributed by atoms with Crippen molar-refractivity contribution in [1.29, 1.82) is 0 Å². The van der Waals surface area contributed by atoms with Crippen molar-refractivity contribution in [3.63, 3.8) is 0 Å². The lowest BCUT2D eigenvalue weighted by Crippen LogP contribution is -2.33. The summed E-state index contributed by atoms with van der Waals surface area (Å²) in [6, 6.07) is 7.27. The van der Waals surface area contributed by atoms with Crippen molar-refractivity contribution < 1.29 is 9.90 Å². The third-order valence-electron chi connectivity index (χ3n) is 2.61. The Labute approximate surface area is 112 Å². The zero-order valence-electron chi connectivity index (χ0n) is 10.4. The first-order valence-corrected chi connectivity index (χ1v) is 6.38. The van der Waals surface area contributed by atoms with Gasteiger partial charge in [-0.05, 0) is 36.6 Å². The Kier molecular flexibility index (Phi) is 6.47. The molecule has 0 spiro atoms. The zero-order chi connectivity index (χ0) is 13.4. The van der Waals surface area contributed by atoms with Crippen molar-refractivity contribution in [3.05, 3.63) is 40.9 Å². The van der Waals surface area contributed by atoms with E-state index in [-0.39, 0.29) is 18.6 Å². The van der Waals surface area contributed by atoms with Crippen LogP contribution in [-0.2, 0) is 4.79 Å². The summed E-state index contributed by atoms with van der Waals surface area (Å²) in [5.74, 6) is -0.148. The van der Waals surface area contributed by atoms with Crippen LogP contribution in [-0.4, -0.2) is 23.7 Å². The normalized spacial score (nSPS) is 12.6. The minimum absolute atomic E-state index is 0.0253. The fourth-order valence-corrected chi connectivity index (χ4v) is 1.66. The van der Waals surface area contributed by atoms with Gasteiger partial charge in [0.05, 0.1) is 0 Å². The van der Waals surface area contributed by atoms with E-state index in [0.717, 1.165) is 12.0 Å². The maximum Gasteiger partial charge on any atom is 0.244 e. The number of hydrogen-bond donors (Lipinski definition) is 2. The maximum atomic E-state index is 11.6.